The molecule has 0 aromatic heterocycles. The van der Waals surface area contributed by atoms with Gasteiger partial charge in [0.05, 0.1) is 0 Å². The highest BCUT2D eigenvalue weighted by molar-refractivity contribution is 5.95. The summed E-state index contributed by atoms with van der Waals surface area (Å²) in [4.78, 5) is 28.4. The van der Waals surface area contributed by atoms with Gasteiger partial charge in [-0.1, -0.05) is 44.2 Å². The van der Waals surface area contributed by atoms with Crippen LogP contribution >= 0.6 is 0 Å². The Morgan fingerprint density at radius 2 is 2.00 bits per heavy atom. The first-order valence-electron chi connectivity index (χ1n) is 10.7. The van der Waals surface area contributed by atoms with Crippen LogP contribution < -0.4 is 21.3 Å². The number of aliphatic imine (C=N–C) groups is 1. The van der Waals surface area contributed by atoms with Crippen molar-refractivity contribution >= 4 is 29.1 Å². The van der Waals surface area contributed by atoms with Gasteiger partial charge < -0.3 is 21.3 Å². The summed E-state index contributed by atoms with van der Waals surface area (Å²) in [5.74, 6) is 0.795. The minimum atomic E-state index is -0.0168. The van der Waals surface area contributed by atoms with Gasteiger partial charge in [0.1, 0.15) is 0 Å². The fourth-order valence-corrected chi connectivity index (χ4v) is 3.52. The van der Waals surface area contributed by atoms with Crippen LogP contribution in [0.15, 0.2) is 53.5 Å². The quantitative estimate of drug-likeness (QED) is 0.407. The van der Waals surface area contributed by atoms with Gasteiger partial charge in [-0.05, 0) is 35.7 Å². The SMILES string of the molecule is CCC(C)C(=O)Nc1cccc(CNC(=NC)NCC2CC(=O)Nc3ccccc32)c1. The molecule has 7 nitrogen and oxygen atoms in total. The van der Waals surface area contributed by atoms with Gasteiger partial charge in [0.25, 0.3) is 0 Å². The first kappa shape index (κ1) is 22.3. The summed E-state index contributed by atoms with van der Waals surface area (Å²) in [5.41, 5.74) is 3.84. The number of hydrogen-bond donors (Lipinski definition) is 4. The van der Waals surface area contributed by atoms with Crippen LogP contribution in [-0.2, 0) is 16.1 Å². The van der Waals surface area contributed by atoms with Crippen LogP contribution in [-0.4, -0.2) is 31.4 Å². The van der Waals surface area contributed by atoms with Gasteiger partial charge in [-0.25, -0.2) is 0 Å². The minimum absolute atomic E-state index is 0.0168. The lowest BCUT2D eigenvalue weighted by molar-refractivity contribution is -0.119. The van der Waals surface area contributed by atoms with E-state index in [1.807, 2.05) is 56.3 Å². The zero-order chi connectivity index (χ0) is 22.2. The van der Waals surface area contributed by atoms with E-state index in [-0.39, 0.29) is 23.7 Å². The second-order valence-corrected chi connectivity index (χ2v) is 7.84. The summed E-state index contributed by atoms with van der Waals surface area (Å²) < 4.78 is 0. The van der Waals surface area contributed by atoms with Gasteiger partial charge >= 0.3 is 0 Å². The average molecular weight is 422 g/mol. The van der Waals surface area contributed by atoms with E-state index in [1.165, 1.54) is 0 Å². The highest BCUT2D eigenvalue weighted by Crippen LogP contribution is 2.31. The molecule has 0 spiro atoms. The Balaban J connectivity index is 1.55. The van der Waals surface area contributed by atoms with E-state index in [9.17, 15) is 9.59 Å². The predicted molar refractivity (Wildman–Crippen MR) is 125 cm³/mol. The number of carbonyl (C=O) groups excluding carboxylic acids is 2. The number of carbonyl (C=O) groups is 2. The number of anilines is 2. The molecular formula is C24H31N5O2. The van der Waals surface area contributed by atoms with E-state index in [0.29, 0.717) is 25.5 Å². The van der Waals surface area contributed by atoms with Gasteiger partial charge in [0.2, 0.25) is 11.8 Å². The van der Waals surface area contributed by atoms with E-state index in [2.05, 4.69) is 32.3 Å². The number of nitrogens with zero attached hydrogens (tertiary/aromatic N) is 1. The molecule has 2 aromatic carbocycles. The molecule has 0 fully saturated rings. The van der Waals surface area contributed by atoms with Crippen LogP contribution in [0.1, 0.15) is 43.7 Å². The number of guanidine groups is 1. The molecule has 1 heterocycles. The lowest BCUT2D eigenvalue weighted by Crippen LogP contribution is -2.40. The van der Waals surface area contributed by atoms with E-state index in [4.69, 9.17) is 0 Å². The standard InChI is InChI=1S/C24H31N5O2/c1-4-16(2)23(31)28-19-9-7-8-17(12-19)14-26-24(25-3)27-15-18-13-22(30)29-21-11-6-5-10-20(18)21/h5-12,16,18H,4,13-15H2,1-3H3,(H,28,31)(H,29,30)(H2,25,26,27). The molecule has 1 aliphatic heterocycles. The van der Waals surface area contributed by atoms with Gasteiger partial charge in [0, 0.05) is 49.8 Å². The lowest BCUT2D eigenvalue weighted by Gasteiger charge is -2.26. The molecule has 0 aliphatic carbocycles. The van der Waals surface area contributed by atoms with Crippen molar-refractivity contribution in [2.45, 2.75) is 39.2 Å². The molecular weight excluding hydrogens is 390 g/mol. The van der Waals surface area contributed by atoms with Crippen LogP contribution in [0.3, 0.4) is 0 Å². The predicted octanol–water partition coefficient (Wildman–Crippen LogP) is 3.46. The van der Waals surface area contributed by atoms with Crippen LogP contribution in [0.5, 0.6) is 0 Å². The Labute approximate surface area is 183 Å². The summed E-state index contributed by atoms with van der Waals surface area (Å²) >= 11 is 0. The van der Waals surface area contributed by atoms with Crippen molar-refractivity contribution in [2.24, 2.45) is 10.9 Å². The number of rotatable bonds is 7. The summed E-state index contributed by atoms with van der Waals surface area (Å²) in [6.07, 6.45) is 1.25. The monoisotopic (exact) mass is 421 g/mol. The molecule has 0 bridgehead atoms. The van der Waals surface area contributed by atoms with Crippen LogP contribution in [0.4, 0.5) is 11.4 Å². The molecule has 3 rings (SSSR count). The van der Waals surface area contributed by atoms with Gasteiger partial charge in [-0.15, -0.1) is 0 Å². The molecule has 1 aliphatic rings. The van der Waals surface area contributed by atoms with Gasteiger partial charge in [0.15, 0.2) is 5.96 Å². The second kappa shape index (κ2) is 10.6. The van der Waals surface area contributed by atoms with Crippen LogP contribution in [0.25, 0.3) is 0 Å². The molecule has 2 amide bonds. The smallest absolute Gasteiger partial charge is 0.227 e. The van der Waals surface area contributed by atoms with Crippen molar-refractivity contribution in [1.29, 1.82) is 0 Å². The molecule has 0 saturated carbocycles. The van der Waals surface area contributed by atoms with Crippen molar-refractivity contribution in [3.63, 3.8) is 0 Å². The van der Waals surface area contributed by atoms with Crippen molar-refractivity contribution in [1.82, 2.24) is 10.6 Å². The van der Waals surface area contributed by atoms with E-state index >= 15 is 0 Å². The largest absolute Gasteiger partial charge is 0.356 e. The fraction of sp³-hybridized carbons (Fsp3) is 0.375. The zero-order valence-electron chi connectivity index (χ0n) is 18.4. The molecule has 2 aromatic rings. The van der Waals surface area contributed by atoms with Crippen molar-refractivity contribution < 1.29 is 9.59 Å². The lowest BCUT2D eigenvalue weighted by atomic mass is 9.90. The fourth-order valence-electron chi connectivity index (χ4n) is 3.52. The Morgan fingerprint density at radius 3 is 2.77 bits per heavy atom. The highest BCUT2D eigenvalue weighted by Gasteiger charge is 2.24. The summed E-state index contributed by atoms with van der Waals surface area (Å²) in [7, 11) is 1.72. The van der Waals surface area contributed by atoms with E-state index in [1.54, 1.807) is 7.05 Å². The first-order chi connectivity index (χ1) is 15.0. The molecule has 0 radical (unpaired) electrons. The number of benzene rings is 2. The Kier molecular flexibility index (Phi) is 7.65. The maximum atomic E-state index is 12.1. The number of fused-ring (bicyclic) bond motifs is 1. The minimum Gasteiger partial charge on any atom is -0.356 e. The molecule has 31 heavy (non-hydrogen) atoms. The maximum absolute atomic E-state index is 12.1. The normalized spacial score (nSPS) is 16.7. The Morgan fingerprint density at radius 1 is 1.19 bits per heavy atom. The number of amides is 2. The summed E-state index contributed by atoms with van der Waals surface area (Å²) in [6.45, 7) is 5.09. The van der Waals surface area contributed by atoms with Crippen molar-refractivity contribution in [2.75, 3.05) is 24.2 Å². The highest BCUT2D eigenvalue weighted by atomic mass is 16.2. The number of para-hydroxylation sites is 1. The van der Waals surface area contributed by atoms with Crippen LogP contribution in [0.2, 0.25) is 0 Å². The molecule has 164 valence electrons. The third kappa shape index (κ3) is 6.07. The number of hydrogen-bond acceptors (Lipinski definition) is 3. The molecule has 4 N–H and O–H groups in total. The van der Waals surface area contributed by atoms with Crippen LogP contribution in [0, 0.1) is 5.92 Å². The third-order valence-corrected chi connectivity index (χ3v) is 5.56. The van der Waals surface area contributed by atoms with E-state index < -0.39 is 0 Å². The van der Waals surface area contributed by atoms with Crippen molar-refractivity contribution in [3.8, 4) is 0 Å². The molecule has 2 unspecified atom stereocenters. The third-order valence-electron chi connectivity index (χ3n) is 5.56. The summed E-state index contributed by atoms with van der Waals surface area (Å²) in [6, 6.07) is 15.7. The zero-order valence-corrected chi connectivity index (χ0v) is 18.4. The second-order valence-electron chi connectivity index (χ2n) is 7.84. The molecule has 2 atom stereocenters. The maximum Gasteiger partial charge on any atom is 0.227 e. The number of nitrogens with one attached hydrogen (secondary N) is 4. The van der Waals surface area contributed by atoms with E-state index in [0.717, 1.165) is 28.9 Å². The van der Waals surface area contributed by atoms with Gasteiger partial charge in [-0.2, -0.15) is 0 Å². The topological polar surface area (TPSA) is 94.6 Å². The molecule has 7 heteroatoms. The average Bonchev–Trinajstić information content (AvgIpc) is 2.78. The summed E-state index contributed by atoms with van der Waals surface area (Å²) in [5, 5.41) is 12.5. The van der Waals surface area contributed by atoms with Gasteiger partial charge in [-0.3, -0.25) is 14.6 Å². The Bertz CT molecular complexity index is 956. The van der Waals surface area contributed by atoms with Crippen molar-refractivity contribution in [3.05, 3.63) is 59.7 Å². The molecule has 0 saturated heterocycles. The first-order valence-corrected chi connectivity index (χ1v) is 10.7. The Hall–Kier alpha value is -3.35.